The maximum atomic E-state index is 2.36. The standard InChI is InChI=1S/C21H18.C2H6/c1-14-13-21-17(15(14)2)10-6-12-20(21)19-11-5-8-16-7-3-4-9-18(16)19;1-2/h3-13,15H,1-2H3;1-2H3. The highest BCUT2D eigenvalue weighted by Crippen LogP contribution is 2.42. The quantitative estimate of drug-likeness (QED) is 0.451. The minimum absolute atomic E-state index is 0.537. The average Bonchev–Trinajstić information content (AvgIpc) is 2.91. The van der Waals surface area contributed by atoms with Gasteiger partial charge in [0.15, 0.2) is 0 Å². The lowest BCUT2D eigenvalue weighted by Crippen LogP contribution is -1.92. The van der Waals surface area contributed by atoms with Gasteiger partial charge in [0.25, 0.3) is 0 Å². The van der Waals surface area contributed by atoms with Crippen LogP contribution in [0, 0.1) is 0 Å². The summed E-state index contributed by atoms with van der Waals surface area (Å²) in [6, 6.07) is 21.9. The number of hydrogen-bond acceptors (Lipinski definition) is 0. The second-order valence-electron chi connectivity index (χ2n) is 5.95. The molecule has 0 saturated heterocycles. The maximum Gasteiger partial charge on any atom is 0.00265 e. The van der Waals surface area contributed by atoms with Gasteiger partial charge in [-0.05, 0) is 39.9 Å². The Hall–Kier alpha value is -2.34. The average molecular weight is 300 g/mol. The molecule has 23 heavy (non-hydrogen) atoms. The predicted octanol–water partition coefficient (Wildman–Crippen LogP) is 7.05. The highest BCUT2D eigenvalue weighted by atomic mass is 14.2. The van der Waals surface area contributed by atoms with E-state index in [1.165, 1.54) is 38.6 Å². The molecule has 0 nitrogen and oxygen atoms in total. The third-order valence-corrected chi connectivity index (χ3v) is 4.74. The molecular weight excluding hydrogens is 276 g/mol. The lowest BCUT2D eigenvalue weighted by atomic mass is 9.91. The van der Waals surface area contributed by atoms with Crippen molar-refractivity contribution in [1.82, 2.24) is 0 Å². The molecule has 1 aliphatic rings. The van der Waals surface area contributed by atoms with E-state index in [2.05, 4.69) is 80.6 Å². The molecule has 116 valence electrons. The highest BCUT2D eigenvalue weighted by molar-refractivity contribution is 5.99. The molecule has 3 aromatic carbocycles. The van der Waals surface area contributed by atoms with Crippen LogP contribution in [-0.2, 0) is 0 Å². The van der Waals surface area contributed by atoms with Gasteiger partial charge in [-0.3, -0.25) is 0 Å². The summed E-state index contributed by atoms with van der Waals surface area (Å²) in [7, 11) is 0. The fourth-order valence-corrected chi connectivity index (χ4v) is 3.41. The van der Waals surface area contributed by atoms with Gasteiger partial charge in [0.1, 0.15) is 0 Å². The molecule has 0 saturated carbocycles. The molecular formula is C23H24. The molecule has 0 N–H and O–H groups in total. The molecule has 0 bridgehead atoms. The summed E-state index contributed by atoms with van der Waals surface area (Å²) < 4.78 is 0. The predicted molar refractivity (Wildman–Crippen MR) is 103 cm³/mol. The Morgan fingerprint density at radius 1 is 0.739 bits per heavy atom. The largest absolute Gasteiger partial charge is 0.0683 e. The van der Waals surface area contributed by atoms with Crippen LogP contribution in [0.5, 0.6) is 0 Å². The van der Waals surface area contributed by atoms with Crippen molar-refractivity contribution in [3.63, 3.8) is 0 Å². The van der Waals surface area contributed by atoms with Crippen molar-refractivity contribution in [1.29, 1.82) is 0 Å². The Balaban J connectivity index is 0.000000753. The summed E-state index contributed by atoms with van der Waals surface area (Å²) in [6.07, 6.45) is 2.36. The van der Waals surface area contributed by atoms with Crippen molar-refractivity contribution < 1.29 is 0 Å². The minimum atomic E-state index is 0.537. The summed E-state index contributed by atoms with van der Waals surface area (Å²) in [5.41, 5.74) is 7.01. The number of rotatable bonds is 1. The van der Waals surface area contributed by atoms with E-state index in [1.807, 2.05) is 13.8 Å². The Bertz CT molecular complexity index is 863. The van der Waals surface area contributed by atoms with Crippen LogP contribution in [0.1, 0.15) is 44.7 Å². The zero-order valence-electron chi connectivity index (χ0n) is 14.4. The zero-order valence-corrected chi connectivity index (χ0v) is 14.4. The Kier molecular flexibility index (Phi) is 4.34. The van der Waals surface area contributed by atoms with Gasteiger partial charge in [0.05, 0.1) is 0 Å². The first-order valence-electron chi connectivity index (χ1n) is 8.55. The number of allylic oxidation sites excluding steroid dienone is 1. The smallest absolute Gasteiger partial charge is 0.00265 e. The first-order valence-corrected chi connectivity index (χ1v) is 8.55. The molecule has 0 aromatic heterocycles. The van der Waals surface area contributed by atoms with Gasteiger partial charge in [0, 0.05) is 5.92 Å². The van der Waals surface area contributed by atoms with Crippen LogP contribution >= 0.6 is 0 Å². The summed E-state index contributed by atoms with van der Waals surface area (Å²) >= 11 is 0. The van der Waals surface area contributed by atoms with Crippen LogP contribution in [0.3, 0.4) is 0 Å². The van der Waals surface area contributed by atoms with Gasteiger partial charge in [-0.25, -0.2) is 0 Å². The molecule has 1 aliphatic carbocycles. The van der Waals surface area contributed by atoms with Gasteiger partial charge in [0.2, 0.25) is 0 Å². The molecule has 0 aliphatic heterocycles. The molecule has 4 rings (SSSR count). The molecule has 1 unspecified atom stereocenters. The zero-order chi connectivity index (χ0) is 16.4. The van der Waals surface area contributed by atoms with Gasteiger partial charge >= 0.3 is 0 Å². The van der Waals surface area contributed by atoms with E-state index in [0.29, 0.717) is 5.92 Å². The second-order valence-corrected chi connectivity index (χ2v) is 5.95. The lowest BCUT2D eigenvalue weighted by Gasteiger charge is -2.13. The molecule has 0 radical (unpaired) electrons. The normalized spacial score (nSPS) is 15.7. The highest BCUT2D eigenvalue weighted by Gasteiger charge is 2.21. The topological polar surface area (TPSA) is 0 Å². The fourth-order valence-electron chi connectivity index (χ4n) is 3.41. The minimum Gasteiger partial charge on any atom is -0.0683 e. The van der Waals surface area contributed by atoms with E-state index in [0.717, 1.165) is 0 Å². The van der Waals surface area contributed by atoms with Crippen molar-refractivity contribution in [2.45, 2.75) is 33.6 Å². The van der Waals surface area contributed by atoms with E-state index in [4.69, 9.17) is 0 Å². The van der Waals surface area contributed by atoms with E-state index >= 15 is 0 Å². The Morgan fingerprint density at radius 3 is 2.22 bits per heavy atom. The van der Waals surface area contributed by atoms with Gasteiger partial charge < -0.3 is 0 Å². The molecule has 3 aromatic rings. The summed E-state index contributed by atoms with van der Waals surface area (Å²) in [5, 5.41) is 2.64. The van der Waals surface area contributed by atoms with E-state index in [-0.39, 0.29) is 0 Å². The first-order chi connectivity index (χ1) is 11.3. The SMILES string of the molecule is CC.CC1=Cc2c(-c3cccc4ccccc34)cccc2C1C. The van der Waals surface area contributed by atoms with Crippen molar-refractivity contribution in [2.75, 3.05) is 0 Å². The number of benzene rings is 3. The maximum absolute atomic E-state index is 2.36. The van der Waals surface area contributed by atoms with E-state index in [9.17, 15) is 0 Å². The van der Waals surface area contributed by atoms with Crippen LogP contribution in [0.4, 0.5) is 0 Å². The van der Waals surface area contributed by atoms with Crippen molar-refractivity contribution >= 4 is 16.8 Å². The Morgan fingerprint density at radius 2 is 1.39 bits per heavy atom. The fraction of sp³-hybridized carbons (Fsp3) is 0.217. The third-order valence-electron chi connectivity index (χ3n) is 4.74. The van der Waals surface area contributed by atoms with E-state index in [1.54, 1.807) is 0 Å². The van der Waals surface area contributed by atoms with Crippen molar-refractivity contribution in [3.05, 3.63) is 77.4 Å². The molecule has 0 spiro atoms. The first kappa shape index (κ1) is 15.6. The summed E-state index contributed by atoms with van der Waals surface area (Å²) in [5.74, 6) is 0.537. The molecule has 0 heteroatoms. The monoisotopic (exact) mass is 300 g/mol. The van der Waals surface area contributed by atoms with Crippen LogP contribution in [0.25, 0.3) is 28.0 Å². The van der Waals surface area contributed by atoms with Crippen molar-refractivity contribution in [3.8, 4) is 11.1 Å². The summed E-state index contributed by atoms with van der Waals surface area (Å²) in [6.45, 7) is 8.53. The lowest BCUT2D eigenvalue weighted by molar-refractivity contribution is 0.922. The van der Waals surface area contributed by atoms with Crippen LogP contribution in [0.2, 0.25) is 0 Å². The molecule has 1 atom stereocenters. The molecule has 0 fully saturated rings. The third kappa shape index (κ3) is 2.59. The molecule has 0 heterocycles. The van der Waals surface area contributed by atoms with Crippen molar-refractivity contribution in [2.24, 2.45) is 0 Å². The number of hydrogen-bond donors (Lipinski definition) is 0. The second kappa shape index (κ2) is 6.42. The van der Waals surface area contributed by atoms with Crippen LogP contribution in [0.15, 0.2) is 66.2 Å². The van der Waals surface area contributed by atoms with E-state index < -0.39 is 0 Å². The van der Waals surface area contributed by atoms with Gasteiger partial charge in [-0.2, -0.15) is 0 Å². The van der Waals surface area contributed by atoms with Gasteiger partial charge in [-0.15, -0.1) is 0 Å². The van der Waals surface area contributed by atoms with Crippen LogP contribution in [-0.4, -0.2) is 0 Å². The van der Waals surface area contributed by atoms with Gasteiger partial charge in [-0.1, -0.05) is 93.1 Å². The summed E-state index contributed by atoms with van der Waals surface area (Å²) in [4.78, 5) is 0. The Labute approximate surface area is 139 Å². The number of fused-ring (bicyclic) bond motifs is 2. The van der Waals surface area contributed by atoms with Crippen LogP contribution < -0.4 is 0 Å². The molecule has 0 amide bonds.